The van der Waals surface area contributed by atoms with E-state index < -0.39 is 35.5 Å². The lowest BCUT2D eigenvalue weighted by Gasteiger charge is -2.17. The first kappa shape index (κ1) is 22.0. The molecular formula is C21H22F2N2O4. The number of nitrogens with one attached hydrogen (secondary N) is 2. The number of rotatable bonds is 8. The highest BCUT2D eigenvalue weighted by Gasteiger charge is 2.22. The Bertz CT molecular complexity index is 895. The van der Waals surface area contributed by atoms with Crippen LogP contribution < -0.4 is 10.6 Å². The first-order chi connectivity index (χ1) is 13.7. The molecule has 1 atom stereocenters. The minimum atomic E-state index is -1.12. The van der Waals surface area contributed by atoms with Crippen molar-refractivity contribution in [3.8, 4) is 0 Å². The minimum Gasteiger partial charge on any atom is -0.480 e. The third-order valence-electron chi connectivity index (χ3n) is 4.08. The predicted molar refractivity (Wildman–Crippen MR) is 103 cm³/mol. The fourth-order valence-electron chi connectivity index (χ4n) is 2.79. The molecule has 29 heavy (non-hydrogen) atoms. The first-order valence-electron chi connectivity index (χ1n) is 9.03. The van der Waals surface area contributed by atoms with Crippen LogP contribution in [0.1, 0.15) is 36.2 Å². The Kier molecular flexibility index (Phi) is 7.41. The van der Waals surface area contributed by atoms with Gasteiger partial charge in [-0.3, -0.25) is 9.59 Å². The molecule has 0 bridgehead atoms. The quantitative estimate of drug-likeness (QED) is 0.629. The van der Waals surface area contributed by atoms with Crippen LogP contribution in [-0.2, 0) is 16.0 Å². The molecule has 0 fully saturated rings. The van der Waals surface area contributed by atoms with Gasteiger partial charge in [0.25, 0.3) is 5.91 Å². The van der Waals surface area contributed by atoms with Crippen LogP contribution >= 0.6 is 0 Å². The zero-order chi connectivity index (χ0) is 21.6. The second-order valence-electron chi connectivity index (χ2n) is 7.03. The van der Waals surface area contributed by atoms with Crippen LogP contribution in [0.4, 0.5) is 14.5 Å². The van der Waals surface area contributed by atoms with Crippen molar-refractivity contribution in [2.24, 2.45) is 5.92 Å². The minimum absolute atomic E-state index is 0.0784. The van der Waals surface area contributed by atoms with E-state index in [1.807, 2.05) is 13.8 Å². The van der Waals surface area contributed by atoms with Gasteiger partial charge in [0.2, 0.25) is 5.91 Å². The molecule has 0 saturated heterocycles. The number of para-hydroxylation sites is 1. The van der Waals surface area contributed by atoms with Crippen molar-refractivity contribution in [2.75, 3.05) is 5.32 Å². The van der Waals surface area contributed by atoms with E-state index in [4.69, 9.17) is 0 Å². The van der Waals surface area contributed by atoms with Crippen molar-refractivity contribution in [3.05, 3.63) is 65.2 Å². The molecule has 2 amide bonds. The van der Waals surface area contributed by atoms with Gasteiger partial charge < -0.3 is 15.7 Å². The molecule has 0 aliphatic rings. The average Bonchev–Trinajstić information content (AvgIpc) is 2.61. The first-order valence-corrected chi connectivity index (χ1v) is 9.03. The second kappa shape index (κ2) is 9.77. The zero-order valence-electron chi connectivity index (χ0n) is 16.0. The molecule has 6 nitrogen and oxygen atoms in total. The molecule has 0 heterocycles. The summed E-state index contributed by atoms with van der Waals surface area (Å²) in [7, 11) is 0. The zero-order valence-corrected chi connectivity index (χ0v) is 16.0. The highest BCUT2D eigenvalue weighted by molar-refractivity contribution is 6.05. The summed E-state index contributed by atoms with van der Waals surface area (Å²) < 4.78 is 26.7. The van der Waals surface area contributed by atoms with Gasteiger partial charge in [0.05, 0.1) is 6.42 Å². The smallest absolute Gasteiger partial charge is 0.326 e. The van der Waals surface area contributed by atoms with Crippen molar-refractivity contribution < 1.29 is 28.3 Å². The Hall–Kier alpha value is -3.29. The molecule has 8 heteroatoms. The van der Waals surface area contributed by atoms with Gasteiger partial charge in [-0.15, -0.1) is 0 Å². The van der Waals surface area contributed by atoms with Crippen LogP contribution in [0.15, 0.2) is 42.5 Å². The lowest BCUT2D eigenvalue weighted by atomic mass is 10.0. The van der Waals surface area contributed by atoms with Gasteiger partial charge in [0.1, 0.15) is 17.7 Å². The average molecular weight is 404 g/mol. The summed E-state index contributed by atoms with van der Waals surface area (Å²) in [6.07, 6.45) is 0.112. The number of hydrogen-bond donors (Lipinski definition) is 3. The van der Waals surface area contributed by atoms with Gasteiger partial charge >= 0.3 is 5.97 Å². The largest absolute Gasteiger partial charge is 0.480 e. The molecule has 0 aliphatic heterocycles. The normalized spacial score (nSPS) is 11.8. The Morgan fingerprint density at radius 3 is 2.24 bits per heavy atom. The van der Waals surface area contributed by atoms with Crippen LogP contribution in [0, 0.1) is 17.6 Å². The number of hydrogen-bond acceptors (Lipinski definition) is 3. The standard InChI is InChI=1S/C21H22F2N2O4/c1-12(2)7-18(21(28)29)24-19(26)10-13-5-3-4-6-17(13)25-20(27)14-8-15(22)11-16(23)9-14/h3-6,8-9,11-12,18H,7,10H2,1-2H3,(H,24,26)(H,25,27)(H,28,29). The molecule has 1 unspecified atom stereocenters. The van der Waals surface area contributed by atoms with Crippen LogP contribution in [0.2, 0.25) is 0 Å². The van der Waals surface area contributed by atoms with E-state index in [1.54, 1.807) is 24.3 Å². The van der Waals surface area contributed by atoms with E-state index in [0.717, 1.165) is 12.1 Å². The topological polar surface area (TPSA) is 95.5 Å². The van der Waals surface area contributed by atoms with Crippen LogP contribution in [-0.4, -0.2) is 28.9 Å². The molecule has 154 valence electrons. The number of carboxylic acids is 1. The fraction of sp³-hybridized carbons (Fsp3) is 0.286. The van der Waals surface area contributed by atoms with Crippen LogP contribution in [0.25, 0.3) is 0 Å². The lowest BCUT2D eigenvalue weighted by Crippen LogP contribution is -2.42. The van der Waals surface area contributed by atoms with Gasteiger partial charge in [-0.2, -0.15) is 0 Å². The summed E-state index contributed by atoms with van der Waals surface area (Å²) in [5.74, 6) is -4.06. The molecule has 0 aromatic heterocycles. The maximum Gasteiger partial charge on any atom is 0.326 e. The van der Waals surface area contributed by atoms with E-state index in [2.05, 4.69) is 10.6 Å². The lowest BCUT2D eigenvalue weighted by molar-refractivity contribution is -0.142. The molecule has 0 saturated carbocycles. The van der Waals surface area contributed by atoms with E-state index in [1.165, 1.54) is 0 Å². The summed E-state index contributed by atoms with van der Waals surface area (Å²) in [6.45, 7) is 3.70. The highest BCUT2D eigenvalue weighted by Crippen LogP contribution is 2.18. The molecule has 2 aromatic carbocycles. The van der Waals surface area contributed by atoms with E-state index >= 15 is 0 Å². The molecule has 2 rings (SSSR count). The maximum atomic E-state index is 13.3. The number of carboxylic acid groups (broad SMARTS) is 1. The Balaban J connectivity index is 2.12. The molecule has 0 aliphatic carbocycles. The molecule has 3 N–H and O–H groups in total. The SMILES string of the molecule is CC(C)CC(NC(=O)Cc1ccccc1NC(=O)c1cc(F)cc(F)c1)C(=O)O. The van der Waals surface area contributed by atoms with Gasteiger partial charge in [-0.05, 0) is 36.1 Å². The summed E-state index contributed by atoms with van der Waals surface area (Å²) >= 11 is 0. The predicted octanol–water partition coefficient (Wildman–Crippen LogP) is 3.38. The summed E-state index contributed by atoms with van der Waals surface area (Å²) in [5.41, 5.74) is 0.515. The van der Waals surface area contributed by atoms with Crippen molar-refractivity contribution in [1.82, 2.24) is 5.32 Å². The van der Waals surface area contributed by atoms with E-state index in [9.17, 15) is 28.3 Å². The second-order valence-corrected chi connectivity index (χ2v) is 7.03. The number of benzene rings is 2. The Morgan fingerprint density at radius 1 is 1.03 bits per heavy atom. The van der Waals surface area contributed by atoms with Crippen LogP contribution in [0.5, 0.6) is 0 Å². The Labute approximate surface area is 166 Å². The summed E-state index contributed by atoms with van der Waals surface area (Å²) in [5, 5.41) is 14.2. The van der Waals surface area contributed by atoms with Gasteiger partial charge in [0, 0.05) is 17.3 Å². The fourth-order valence-corrected chi connectivity index (χ4v) is 2.79. The highest BCUT2D eigenvalue weighted by atomic mass is 19.1. The Morgan fingerprint density at radius 2 is 1.66 bits per heavy atom. The van der Waals surface area contributed by atoms with Gasteiger partial charge in [-0.25, -0.2) is 13.6 Å². The summed E-state index contributed by atoms with van der Waals surface area (Å²) in [4.78, 5) is 36.0. The number of aliphatic carboxylic acids is 1. The number of halogens is 2. The number of carbonyl (C=O) groups excluding carboxylic acids is 2. The van der Waals surface area contributed by atoms with Crippen molar-refractivity contribution in [2.45, 2.75) is 32.7 Å². The number of carbonyl (C=O) groups is 3. The van der Waals surface area contributed by atoms with E-state index in [0.29, 0.717) is 11.6 Å². The van der Waals surface area contributed by atoms with Crippen molar-refractivity contribution in [3.63, 3.8) is 0 Å². The third kappa shape index (κ3) is 6.67. The van der Waals surface area contributed by atoms with Gasteiger partial charge in [-0.1, -0.05) is 32.0 Å². The van der Waals surface area contributed by atoms with E-state index in [-0.39, 0.29) is 30.0 Å². The molecule has 0 spiro atoms. The number of amides is 2. The summed E-state index contributed by atoms with van der Waals surface area (Å²) in [6, 6.07) is 7.86. The van der Waals surface area contributed by atoms with Crippen LogP contribution in [0.3, 0.4) is 0 Å². The molecule has 2 aromatic rings. The maximum absolute atomic E-state index is 13.3. The third-order valence-corrected chi connectivity index (χ3v) is 4.08. The van der Waals surface area contributed by atoms with Crippen molar-refractivity contribution >= 4 is 23.5 Å². The number of anilines is 1. The monoisotopic (exact) mass is 404 g/mol. The van der Waals surface area contributed by atoms with Gasteiger partial charge in [0.15, 0.2) is 0 Å². The molecular weight excluding hydrogens is 382 g/mol. The molecule has 0 radical (unpaired) electrons. The van der Waals surface area contributed by atoms with Crippen molar-refractivity contribution in [1.29, 1.82) is 0 Å².